The molecule has 1 saturated heterocycles. The zero-order valence-corrected chi connectivity index (χ0v) is 14.2. The lowest BCUT2D eigenvalue weighted by molar-refractivity contribution is -0.132. The van der Waals surface area contributed by atoms with E-state index in [2.05, 4.69) is 4.72 Å². The van der Waals surface area contributed by atoms with E-state index < -0.39 is 16.1 Å². The maximum atomic E-state index is 12.6. The summed E-state index contributed by atoms with van der Waals surface area (Å²) < 4.78 is 27.8. The largest absolute Gasteiger partial charge is 0.341 e. The highest BCUT2D eigenvalue weighted by molar-refractivity contribution is 7.89. The molecule has 5 nitrogen and oxygen atoms in total. The molecule has 22 heavy (non-hydrogen) atoms. The molecule has 1 aliphatic rings. The van der Waals surface area contributed by atoms with Crippen molar-refractivity contribution in [3.63, 3.8) is 0 Å². The van der Waals surface area contributed by atoms with Crippen molar-refractivity contribution in [1.29, 1.82) is 0 Å². The van der Waals surface area contributed by atoms with Gasteiger partial charge in [0.05, 0.1) is 4.90 Å². The number of hydrogen-bond donors (Lipinski definition) is 1. The molecule has 2 rings (SSSR count). The third-order valence-corrected chi connectivity index (χ3v) is 5.62. The van der Waals surface area contributed by atoms with E-state index in [1.165, 1.54) is 0 Å². The molecule has 0 bridgehead atoms. The Morgan fingerprint density at radius 3 is 2.32 bits per heavy atom. The Kier molecular flexibility index (Phi) is 5.24. The molecule has 1 fully saturated rings. The summed E-state index contributed by atoms with van der Waals surface area (Å²) in [5.41, 5.74) is 0.672. The molecule has 1 aromatic carbocycles. The van der Waals surface area contributed by atoms with Gasteiger partial charge in [-0.25, -0.2) is 8.42 Å². The Morgan fingerprint density at radius 2 is 1.77 bits per heavy atom. The van der Waals surface area contributed by atoms with Gasteiger partial charge in [0.15, 0.2) is 0 Å². The van der Waals surface area contributed by atoms with Gasteiger partial charge < -0.3 is 4.90 Å². The molecule has 6 heteroatoms. The number of likely N-dealkylation sites (tertiary alicyclic amines) is 1. The fraction of sp³-hybridized carbons (Fsp3) is 0.562. The molecule has 0 aromatic heterocycles. The van der Waals surface area contributed by atoms with Gasteiger partial charge in [0, 0.05) is 13.1 Å². The van der Waals surface area contributed by atoms with Gasteiger partial charge in [0.25, 0.3) is 0 Å². The van der Waals surface area contributed by atoms with Gasteiger partial charge in [-0.05, 0) is 37.3 Å². The Hall–Kier alpha value is -1.40. The maximum Gasteiger partial charge on any atom is 0.241 e. The van der Waals surface area contributed by atoms with Crippen molar-refractivity contribution >= 4 is 15.9 Å². The Morgan fingerprint density at radius 1 is 1.18 bits per heavy atom. The van der Waals surface area contributed by atoms with Crippen LogP contribution in [0.25, 0.3) is 0 Å². The van der Waals surface area contributed by atoms with Crippen molar-refractivity contribution in [3.05, 3.63) is 29.8 Å². The number of carbonyl (C=O) groups excluding carboxylic acids is 1. The van der Waals surface area contributed by atoms with Crippen LogP contribution in [0.1, 0.15) is 32.3 Å². The smallest absolute Gasteiger partial charge is 0.241 e. The molecule has 122 valence electrons. The maximum absolute atomic E-state index is 12.6. The Labute approximate surface area is 132 Å². The summed E-state index contributed by atoms with van der Waals surface area (Å²) in [6.07, 6.45) is 1.97. The van der Waals surface area contributed by atoms with Crippen LogP contribution < -0.4 is 4.72 Å². The standard InChI is InChI=1S/C16H24N2O3S/c1-12(2)15(16(19)18-10-6-7-11-18)17-22(20,21)14-9-5-4-8-13(14)3/h4-5,8-9,12,15,17H,6-7,10-11H2,1-3H3/t15-/m0/s1. The molecule has 0 radical (unpaired) electrons. The van der Waals surface area contributed by atoms with Crippen molar-refractivity contribution < 1.29 is 13.2 Å². The van der Waals surface area contributed by atoms with Gasteiger partial charge in [-0.15, -0.1) is 0 Å². The average Bonchev–Trinajstić information content (AvgIpc) is 2.98. The Balaban J connectivity index is 2.24. The van der Waals surface area contributed by atoms with Crippen molar-refractivity contribution in [2.45, 2.75) is 44.6 Å². The van der Waals surface area contributed by atoms with E-state index in [1.54, 1.807) is 36.1 Å². The molecule has 0 aliphatic carbocycles. The molecule has 1 N–H and O–H groups in total. The highest BCUT2D eigenvalue weighted by Gasteiger charge is 2.32. The Bertz CT molecular complexity index is 635. The molecule has 0 unspecified atom stereocenters. The quantitative estimate of drug-likeness (QED) is 0.900. The van der Waals surface area contributed by atoms with E-state index in [0.29, 0.717) is 18.7 Å². The van der Waals surface area contributed by atoms with Crippen molar-refractivity contribution in [2.75, 3.05) is 13.1 Å². The van der Waals surface area contributed by atoms with Gasteiger partial charge >= 0.3 is 0 Å². The number of amides is 1. The highest BCUT2D eigenvalue weighted by atomic mass is 32.2. The molecule has 1 aliphatic heterocycles. The van der Waals surface area contributed by atoms with Crippen LogP contribution in [0, 0.1) is 12.8 Å². The SMILES string of the molecule is Cc1ccccc1S(=O)(=O)N[C@H](C(=O)N1CCCC1)C(C)C. The molecular formula is C16H24N2O3S. The van der Waals surface area contributed by atoms with E-state index in [0.717, 1.165) is 12.8 Å². The topological polar surface area (TPSA) is 66.5 Å². The zero-order chi connectivity index (χ0) is 16.3. The van der Waals surface area contributed by atoms with Crippen LogP contribution in [-0.4, -0.2) is 38.4 Å². The van der Waals surface area contributed by atoms with E-state index in [9.17, 15) is 13.2 Å². The third kappa shape index (κ3) is 3.67. The van der Waals surface area contributed by atoms with E-state index in [-0.39, 0.29) is 16.7 Å². The number of nitrogens with zero attached hydrogens (tertiary/aromatic N) is 1. The lowest BCUT2D eigenvalue weighted by atomic mass is 10.0. The number of sulfonamides is 1. The lowest BCUT2D eigenvalue weighted by Gasteiger charge is -2.26. The predicted molar refractivity (Wildman–Crippen MR) is 85.9 cm³/mol. The first-order chi connectivity index (χ1) is 10.3. The number of aryl methyl sites for hydroxylation is 1. The average molecular weight is 324 g/mol. The molecule has 1 amide bonds. The second-order valence-electron chi connectivity index (χ2n) is 6.14. The summed E-state index contributed by atoms with van der Waals surface area (Å²) in [5.74, 6) is -0.225. The number of carbonyl (C=O) groups is 1. The number of nitrogens with one attached hydrogen (secondary N) is 1. The number of hydrogen-bond acceptors (Lipinski definition) is 3. The van der Waals surface area contributed by atoms with Crippen LogP contribution in [0.15, 0.2) is 29.2 Å². The van der Waals surface area contributed by atoms with Crippen LogP contribution in [0.4, 0.5) is 0 Å². The molecular weight excluding hydrogens is 300 g/mol. The van der Waals surface area contributed by atoms with E-state index in [4.69, 9.17) is 0 Å². The third-order valence-electron chi connectivity index (χ3n) is 4.02. The first-order valence-corrected chi connectivity index (χ1v) is 9.18. The highest BCUT2D eigenvalue weighted by Crippen LogP contribution is 2.18. The van der Waals surface area contributed by atoms with Gasteiger partial charge in [-0.1, -0.05) is 32.0 Å². The van der Waals surface area contributed by atoms with Gasteiger partial charge in [-0.3, -0.25) is 4.79 Å². The molecule has 0 saturated carbocycles. The fourth-order valence-corrected chi connectivity index (χ4v) is 4.28. The minimum absolute atomic E-state index is 0.105. The summed E-state index contributed by atoms with van der Waals surface area (Å²) in [4.78, 5) is 14.6. The first kappa shape index (κ1) is 17.0. The van der Waals surface area contributed by atoms with Crippen LogP contribution in [0.3, 0.4) is 0 Å². The summed E-state index contributed by atoms with van der Waals surface area (Å²) in [7, 11) is -3.71. The van der Waals surface area contributed by atoms with E-state index >= 15 is 0 Å². The number of benzene rings is 1. The summed E-state index contributed by atoms with van der Waals surface area (Å²) >= 11 is 0. The van der Waals surface area contributed by atoms with Crippen molar-refractivity contribution in [1.82, 2.24) is 9.62 Å². The molecule has 1 atom stereocenters. The van der Waals surface area contributed by atoms with Crippen LogP contribution >= 0.6 is 0 Å². The molecule has 0 spiro atoms. The van der Waals surface area contributed by atoms with Gasteiger partial charge in [0.1, 0.15) is 6.04 Å². The normalized spacial score (nSPS) is 17.0. The minimum Gasteiger partial charge on any atom is -0.341 e. The van der Waals surface area contributed by atoms with Gasteiger partial charge in [-0.2, -0.15) is 4.72 Å². The van der Waals surface area contributed by atoms with Crippen molar-refractivity contribution in [3.8, 4) is 0 Å². The van der Waals surface area contributed by atoms with E-state index in [1.807, 2.05) is 13.8 Å². The minimum atomic E-state index is -3.71. The van der Waals surface area contributed by atoms with Crippen LogP contribution in [0.2, 0.25) is 0 Å². The summed E-state index contributed by atoms with van der Waals surface area (Å²) in [6, 6.07) is 6.08. The molecule has 1 aromatic rings. The van der Waals surface area contributed by atoms with Gasteiger partial charge in [0.2, 0.25) is 15.9 Å². The second-order valence-corrected chi connectivity index (χ2v) is 7.82. The first-order valence-electron chi connectivity index (χ1n) is 7.69. The van der Waals surface area contributed by atoms with Crippen molar-refractivity contribution in [2.24, 2.45) is 5.92 Å². The second kappa shape index (κ2) is 6.79. The van der Waals surface area contributed by atoms with Crippen LogP contribution in [0.5, 0.6) is 0 Å². The number of rotatable bonds is 5. The van der Waals surface area contributed by atoms with Crippen LogP contribution in [-0.2, 0) is 14.8 Å². The summed E-state index contributed by atoms with van der Waals surface area (Å²) in [6.45, 7) is 6.90. The monoisotopic (exact) mass is 324 g/mol. The predicted octanol–water partition coefficient (Wildman–Crippen LogP) is 1.92. The summed E-state index contributed by atoms with van der Waals surface area (Å²) in [5, 5.41) is 0. The zero-order valence-electron chi connectivity index (χ0n) is 13.4. The lowest BCUT2D eigenvalue weighted by Crippen LogP contribution is -2.50. The molecule has 1 heterocycles. The fourth-order valence-electron chi connectivity index (χ4n) is 2.69.